The Morgan fingerprint density at radius 3 is 2.56 bits per heavy atom. The summed E-state index contributed by atoms with van der Waals surface area (Å²) in [6.45, 7) is 3.99. The number of nitrogens with one attached hydrogen (secondary N) is 1. The molecule has 0 radical (unpaired) electrons. The highest BCUT2D eigenvalue weighted by molar-refractivity contribution is 5.83. The third-order valence-corrected chi connectivity index (χ3v) is 5.47. The van der Waals surface area contributed by atoms with E-state index in [-0.39, 0.29) is 0 Å². The molecule has 8 heteroatoms. The number of hydrogen-bond donors (Lipinski definition) is 3. The average Bonchev–Trinajstić information content (AvgIpc) is 3.38. The number of aliphatic hydroxyl groups is 2. The van der Waals surface area contributed by atoms with E-state index >= 15 is 0 Å². The number of aryl methyl sites for hydroxylation is 2. The van der Waals surface area contributed by atoms with Crippen LogP contribution in [0.4, 0.5) is 11.5 Å². The first-order valence-electron chi connectivity index (χ1n) is 10.2. The molecule has 3 heterocycles. The Balaban J connectivity index is 1.75. The standard InChI is InChI=1S/C24H22N6O2/c1-15-7-3-6-10-20(15)30-23(27-19-9-5-4-8-18(19)24(31)32)22(16(2)28-30)17-11-12-29-21(13-17)25-14-26-29/h3-14,24,27,31-32H,1-2H3. The van der Waals surface area contributed by atoms with E-state index < -0.39 is 6.29 Å². The molecule has 32 heavy (non-hydrogen) atoms. The van der Waals surface area contributed by atoms with Crippen molar-refractivity contribution in [1.82, 2.24) is 24.4 Å². The molecule has 0 saturated heterocycles. The highest BCUT2D eigenvalue weighted by atomic mass is 16.5. The summed E-state index contributed by atoms with van der Waals surface area (Å²) < 4.78 is 3.56. The minimum absolute atomic E-state index is 0.376. The third-order valence-electron chi connectivity index (χ3n) is 5.47. The summed E-state index contributed by atoms with van der Waals surface area (Å²) in [6, 6.07) is 19.0. The Hall–Kier alpha value is -4.01. The van der Waals surface area contributed by atoms with Crippen LogP contribution in [0.3, 0.4) is 0 Å². The second-order valence-corrected chi connectivity index (χ2v) is 7.57. The largest absolute Gasteiger partial charge is 0.364 e. The van der Waals surface area contributed by atoms with Crippen molar-refractivity contribution in [2.75, 3.05) is 5.32 Å². The van der Waals surface area contributed by atoms with Gasteiger partial charge in [0.15, 0.2) is 11.9 Å². The van der Waals surface area contributed by atoms with E-state index in [1.54, 1.807) is 16.6 Å². The van der Waals surface area contributed by atoms with Gasteiger partial charge in [-0.2, -0.15) is 10.2 Å². The van der Waals surface area contributed by atoms with Gasteiger partial charge in [-0.25, -0.2) is 14.2 Å². The zero-order valence-electron chi connectivity index (χ0n) is 17.6. The van der Waals surface area contributed by atoms with E-state index in [1.807, 2.05) is 73.3 Å². The molecule has 0 fully saturated rings. The van der Waals surface area contributed by atoms with Crippen LogP contribution in [-0.4, -0.2) is 34.6 Å². The Morgan fingerprint density at radius 1 is 0.969 bits per heavy atom. The molecule has 3 N–H and O–H groups in total. The lowest BCUT2D eigenvalue weighted by Crippen LogP contribution is -2.07. The fraction of sp³-hybridized carbons (Fsp3) is 0.125. The fourth-order valence-corrected chi connectivity index (χ4v) is 3.90. The summed E-state index contributed by atoms with van der Waals surface area (Å²) in [4.78, 5) is 4.30. The summed E-state index contributed by atoms with van der Waals surface area (Å²) in [6.07, 6.45) is 1.77. The summed E-state index contributed by atoms with van der Waals surface area (Å²) >= 11 is 0. The molecule has 5 aromatic rings. The van der Waals surface area contributed by atoms with E-state index in [4.69, 9.17) is 5.10 Å². The molecule has 0 atom stereocenters. The number of nitrogens with zero attached hydrogens (tertiary/aromatic N) is 5. The van der Waals surface area contributed by atoms with Crippen molar-refractivity contribution in [2.45, 2.75) is 20.1 Å². The predicted octanol–water partition coefficient (Wildman–Crippen LogP) is 3.93. The van der Waals surface area contributed by atoms with Gasteiger partial charge < -0.3 is 15.5 Å². The van der Waals surface area contributed by atoms with Crippen LogP contribution in [-0.2, 0) is 0 Å². The molecule has 0 aliphatic rings. The molecule has 8 nitrogen and oxygen atoms in total. The maximum atomic E-state index is 9.87. The van der Waals surface area contributed by atoms with E-state index in [0.717, 1.165) is 33.7 Å². The quantitative estimate of drug-likeness (QED) is 0.368. The van der Waals surface area contributed by atoms with Crippen LogP contribution >= 0.6 is 0 Å². The highest BCUT2D eigenvalue weighted by Crippen LogP contribution is 2.37. The minimum Gasteiger partial charge on any atom is -0.364 e. The Labute approximate surface area is 184 Å². The van der Waals surface area contributed by atoms with Crippen molar-refractivity contribution in [2.24, 2.45) is 0 Å². The number of benzene rings is 2. The molecule has 0 spiro atoms. The first kappa shape index (κ1) is 19.9. The first-order chi connectivity index (χ1) is 15.5. The third kappa shape index (κ3) is 3.41. The van der Waals surface area contributed by atoms with Crippen molar-refractivity contribution in [1.29, 1.82) is 0 Å². The molecule has 0 aliphatic heterocycles. The van der Waals surface area contributed by atoms with Crippen LogP contribution in [0.2, 0.25) is 0 Å². The van der Waals surface area contributed by atoms with Crippen LogP contribution in [0.25, 0.3) is 22.5 Å². The number of rotatable bonds is 5. The van der Waals surface area contributed by atoms with Gasteiger partial charge in [-0.3, -0.25) is 0 Å². The first-order valence-corrected chi connectivity index (χ1v) is 10.2. The van der Waals surface area contributed by atoms with Gasteiger partial charge in [0.1, 0.15) is 12.1 Å². The van der Waals surface area contributed by atoms with Crippen LogP contribution in [0.5, 0.6) is 0 Å². The van der Waals surface area contributed by atoms with Crippen LogP contribution < -0.4 is 5.32 Å². The Bertz CT molecular complexity index is 1420. The minimum atomic E-state index is -1.61. The molecule has 0 unspecified atom stereocenters. The monoisotopic (exact) mass is 426 g/mol. The maximum Gasteiger partial charge on any atom is 0.180 e. The van der Waals surface area contributed by atoms with Crippen LogP contribution in [0.1, 0.15) is 23.1 Å². The van der Waals surface area contributed by atoms with Gasteiger partial charge in [0.2, 0.25) is 0 Å². The zero-order chi connectivity index (χ0) is 22.2. The molecule has 3 aromatic heterocycles. The van der Waals surface area contributed by atoms with Gasteiger partial charge in [-0.15, -0.1) is 0 Å². The van der Waals surface area contributed by atoms with Gasteiger partial charge in [-0.1, -0.05) is 36.4 Å². The molecular formula is C24H22N6O2. The number of para-hydroxylation sites is 2. The molecule has 160 valence electrons. The van der Waals surface area contributed by atoms with Gasteiger partial charge >= 0.3 is 0 Å². The second kappa shape index (κ2) is 7.92. The Kier molecular flexibility index (Phi) is 4.93. The Morgan fingerprint density at radius 2 is 1.75 bits per heavy atom. The SMILES string of the molecule is Cc1ccccc1-n1nc(C)c(-c2ccn3ncnc3c2)c1Nc1ccccc1C(O)O. The van der Waals surface area contributed by atoms with Gasteiger partial charge in [0.05, 0.1) is 11.4 Å². The lowest BCUT2D eigenvalue weighted by atomic mass is 10.1. The van der Waals surface area contributed by atoms with E-state index in [1.165, 1.54) is 6.33 Å². The lowest BCUT2D eigenvalue weighted by Gasteiger charge is -2.17. The van der Waals surface area contributed by atoms with Gasteiger partial charge in [0, 0.05) is 23.0 Å². The van der Waals surface area contributed by atoms with Gasteiger partial charge in [0.25, 0.3) is 0 Å². The number of pyridine rings is 1. The van der Waals surface area contributed by atoms with Crippen molar-refractivity contribution in [3.8, 4) is 16.8 Å². The predicted molar refractivity (Wildman–Crippen MR) is 122 cm³/mol. The molecule has 0 saturated carbocycles. The van der Waals surface area contributed by atoms with Crippen molar-refractivity contribution in [3.05, 3.63) is 90.0 Å². The van der Waals surface area contributed by atoms with E-state index in [2.05, 4.69) is 15.4 Å². The second-order valence-electron chi connectivity index (χ2n) is 7.57. The molecular weight excluding hydrogens is 404 g/mol. The number of hydrogen-bond acceptors (Lipinski definition) is 6. The van der Waals surface area contributed by atoms with Crippen molar-refractivity contribution >= 4 is 17.2 Å². The number of fused-ring (bicyclic) bond motifs is 1. The summed E-state index contributed by atoms with van der Waals surface area (Å²) in [5.74, 6) is 0.716. The van der Waals surface area contributed by atoms with E-state index in [9.17, 15) is 10.2 Å². The average molecular weight is 426 g/mol. The summed E-state index contributed by atoms with van der Waals surface area (Å²) in [5, 5.41) is 32.2. The van der Waals surface area contributed by atoms with Gasteiger partial charge in [-0.05, 0) is 49.2 Å². The smallest absolute Gasteiger partial charge is 0.180 e. The van der Waals surface area contributed by atoms with Crippen molar-refractivity contribution in [3.63, 3.8) is 0 Å². The van der Waals surface area contributed by atoms with Crippen LogP contribution in [0, 0.1) is 13.8 Å². The topological polar surface area (TPSA) is 101 Å². The summed E-state index contributed by atoms with van der Waals surface area (Å²) in [5.41, 5.74) is 6.31. The lowest BCUT2D eigenvalue weighted by molar-refractivity contribution is -0.0418. The van der Waals surface area contributed by atoms with E-state index in [0.29, 0.717) is 17.1 Å². The molecule has 0 aliphatic carbocycles. The molecule has 0 bridgehead atoms. The number of aliphatic hydroxyl groups excluding tert-OH is 1. The highest BCUT2D eigenvalue weighted by Gasteiger charge is 2.21. The number of anilines is 2. The fourth-order valence-electron chi connectivity index (χ4n) is 3.90. The van der Waals surface area contributed by atoms with Crippen molar-refractivity contribution < 1.29 is 10.2 Å². The molecule has 5 rings (SSSR count). The molecule has 2 aromatic carbocycles. The molecule has 0 amide bonds. The number of aromatic nitrogens is 5. The zero-order valence-corrected chi connectivity index (χ0v) is 17.6. The normalized spacial score (nSPS) is 11.4. The van der Waals surface area contributed by atoms with Crippen LogP contribution in [0.15, 0.2) is 73.2 Å². The maximum absolute atomic E-state index is 9.87. The summed E-state index contributed by atoms with van der Waals surface area (Å²) in [7, 11) is 0.